The van der Waals surface area contributed by atoms with E-state index in [-0.39, 0.29) is 18.1 Å². The first kappa shape index (κ1) is 18.3. The Bertz CT molecular complexity index is 527. The third-order valence-corrected chi connectivity index (χ3v) is 4.85. The fourth-order valence-corrected chi connectivity index (χ4v) is 3.66. The summed E-state index contributed by atoms with van der Waals surface area (Å²) in [7, 11) is 0. The highest BCUT2D eigenvalue weighted by atomic mass is 16.5. The summed E-state index contributed by atoms with van der Waals surface area (Å²) in [6.07, 6.45) is 0. The predicted molar refractivity (Wildman–Crippen MR) is 94.4 cm³/mol. The largest absolute Gasteiger partial charge is 0.465 e. The highest BCUT2D eigenvalue weighted by molar-refractivity contribution is 5.77. The summed E-state index contributed by atoms with van der Waals surface area (Å²) >= 11 is 0. The molecule has 2 saturated heterocycles. The minimum absolute atomic E-state index is 0.0396. The Kier molecular flexibility index (Phi) is 6.81. The van der Waals surface area contributed by atoms with Gasteiger partial charge in [-0.1, -0.05) is 30.3 Å². The van der Waals surface area contributed by atoms with Crippen LogP contribution in [-0.4, -0.2) is 81.0 Å². The van der Waals surface area contributed by atoms with Crippen LogP contribution in [-0.2, 0) is 19.0 Å². The number of esters is 1. The van der Waals surface area contributed by atoms with Crippen LogP contribution >= 0.6 is 0 Å². The summed E-state index contributed by atoms with van der Waals surface area (Å²) in [4.78, 5) is 17.5. The Morgan fingerprint density at radius 2 is 1.56 bits per heavy atom. The van der Waals surface area contributed by atoms with E-state index >= 15 is 0 Å². The van der Waals surface area contributed by atoms with Gasteiger partial charge in [0.1, 0.15) is 6.04 Å². The molecule has 0 aliphatic carbocycles. The van der Waals surface area contributed by atoms with Gasteiger partial charge in [0.15, 0.2) is 0 Å². The van der Waals surface area contributed by atoms with Gasteiger partial charge in [-0.25, -0.2) is 0 Å². The van der Waals surface area contributed by atoms with Gasteiger partial charge in [0.05, 0.1) is 39.1 Å². The third-order valence-electron chi connectivity index (χ3n) is 4.85. The highest BCUT2D eigenvalue weighted by Crippen LogP contribution is 2.30. The number of rotatable bonds is 6. The van der Waals surface area contributed by atoms with Crippen molar-refractivity contribution in [1.29, 1.82) is 0 Å². The van der Waals surface area contributed by atoms with Gasteiger partial charge >= 0.3 is 5.97 Å². The number of carbonyl (C=O) groups is 1. The lowest BCUT2D eigenvalue weighted by Gasteiger charge is -2.43. The van der Waals surface area contributed by atoms with Crippen LogP contribution < -0.4 is 0 Å². The van der Waals surface area contributed by atoms with Gasteiger partial charge in [-0.3, -0.25) is 14.6 Å². The van der Waals surface area contributed by atoms with Crippen LogP contribution in [0.3, 0.4) is 0 Å². The Labute approximate surface area is 149 Å². The molecule has 6 nitrogen and oxygen atoms in total. The standard InChI is InChI=1S/C19H28N2O4/c1-2-25-19(22)18(21-10-14-24-15-11-21)17(16-6-4-3-5-7-16)20-8-12-23-13-9-20/h3-7,17-18H,2,8-15H2,1H3/t17-,18+/m0/s1. The van der Waals surface area contributed by atoms with Crippen molar-refractivity contribution in [1.82, 2.24) is 9.80 Å². The molecule has 25 heavy (non-hydrogen) atoms. The van der Waals surface area contributed by atoms with Crippen LogP contribution in [0.15, 0.2) is 30.3 Å². The lowest BCUT2D eigenvalue weighted by molar-refractivity contribution is -0.156. The zero-order valence-corrected chi connectivity index (χ0v) is 14.9. The quantitative estimate of drug-likeness (QED) is 0.723. The zero-order chi connectivity index (χ0) is 17.5. The van der Waals surface area contributed by atoms with E-state index in [4.69, 9.17) is 14.2 Å². The molecule has 2 atom stereocenters. The van der Waals surface area contributed by atoms with E-state index < -0.39 is 0 Å². The zero-order valence-electron chi connectivity index (χ0n) is 14.9. The average Bonchev–Trinajstić information content (AvgIpc) is 2.68. The SMILES string of the molecule is CCOC(=O)[C@@H]([C@H](c1ccccc1)N1CCOCC1)N1CCOCC1. The van der Waals surface area contributed by atoms with E-state index in [1.165, 1.54) is 0 Å². The van der Waals surface area contributed by atoms with Gasteiger partial charge in [0.2, 0.25) is 0 Å². The van der Waals surface area contributed by atoms with Crippen LogP contribution in [0.1, 0.15) is 18.5 Å². The minimum atomic E-state index is -0.329. The van der Waals surface area contributed by atoms with Gasteiger partial charge in [-0.15, -0.1) is 0 Å². The molecule has 0 radical (unpaired) electrons. The summed E-state index contributed by atoms with van der Waals surface area (Å²) in [5.41, 5.74) is 1.15. The summed E-state index contributed by atoms with van der Waals surface area (Å²) in [6.45, 7) is 8.09. The molecular weight excluding hydrogens is 320 g/mol. The van der Waals surface area contributed by atoms with Gasteiger partial charge in [0.25, 0.3) is 0 Å². The second-order valence-corrected chi connectivity index (χ2v) is 6.35. The number of morpholine rings is 2. The highest BCUT2D eigenvalue weighted by Gasteiger charge is 2.40. The molecule has 0 bridgehead atoms. The van der Waals surface area contributed by atoms with Crippen molar-refractivity contribution in [2.75, 3.05) is 59.2 Å². The minimum Gasteiger partial charge on any atom is -0.465 e. The molecule has 3 rings (SSSR count). The molecule has 0 unspecified atom stereocenters. The second kappa shape index (κ2) is 9.29. The van der Waals surface area contributed by atoms with E-state index in [9.17, 15) is 4.79 Å². The monoisotopic (exact) mass is 348 g/mol. The molecule has 1 aromatic carbocycles. The lowest BCUT2D eigenvalue weighted by atomic mass is 9.95. The molecule has 138 valence electrons. The van der Waals surface area contributed by atoms with Crippen LogP contribution in [0.4, 0.5) is 0 Å². The average molecular weight is 348 g/mol. The number of hydrogen-bond donors (Lipinski definition) is 0. The fourth-order valence-electron chi connectivity index (χ4n) is 3.66. The fraction of sp³-hybridized carbons (Fsp3) is 0.632. The van der Waals surface area contributed by atoms with Gasteiger partial charge in [-0.05, 0) is 12.5 Å². The molecule has 2 aliphatic rings. The first-order chi connectivity index (χ1) is 12.3. The van der Waals surface area contributed by atoms with E-state index in [1.54, 1.807) is 0 Å². The smallest absolute Gasteiger partial charge is 0.325 e. The number of ether oxygens (including phenoxy) is 3. The maximum absolute atomic E-state index is 12.9. The Hall–Kier alpha value is -1.47. The first-order valence-corrected chi connectivity index (χ1v) is 9.16. The predicted octanol–water partition coefficient (Wildman–Crippen LogP) is 1.32. The molecule has 6 heteroatoms. The summed E-state index contributed by atoms with van der Waals surface area (Å²) < 4.78 is 16.5. The molecule has 1 aromatic rings. The van der Waals surface area contributed by atoms with Crippen LogP contribution in [0.2, 0.25) is 0 Å². The summed E-state index contributed by atoms with van der Waals surface area (Å²) in [5, 5.41) is 0. The molecule has 0 spiro atoms. The van der Waals surface area contributed by atoms with E-state index in [2.05, 4.69) is 21.9 Å². The van der Waals surface area contributed by atoms with Crippen LogP contribution in [0.5, 0.6) is 0 Å². The van der Waals surface area contributed by atoms with Crippen molar-refractivity contribution in [3.05, 3.63) is 35.9 Å². The van der Waals surface area contributed by atoms with Crippen molar-refractivity contribution in [3.8, 4) is 0 Å². The van der Waals surface area contributed by atoms with Gasteiger partial charge < -0.3 is 14.2 Å². The van der Waals surface area contributed by atoms with E-state index in [1.807, 2.05) is 25.1 Å². The maximum atomic E-state index is 12.9. The maximum Gasteiger partial charge on any atom is 0.325 e. The molecule has 2 aliphatic heterocycles. The van der Waals surface area contributed by atoms with Crippen molar-refractivity contribution < 1.29 is 19.0 Å². The second-order valence-electron chi connectivity index (χ2n) is 6.35. The Balaban J connectivity index is 1.93. The van der Waals surface area contributed by atoms with E-state index in [0.29, 0.717) is 33.0 Å². The molecule has 0 saturated carbocycles. The van der Waals surface area contributed by atoms with Gasteiger partial charge in [-0.2, -0.15) is 0 Å². The Morgan fingerprint density at radius 3 is 2.12 bits per heavy atom. The van der Waals surface area contributed by atoms with Crippen molar-refractivity contribution in [2.24, 2.45) is 0 Å². The number of benzene rings is 1. The molecule has 0 amide bonds. The normalized spacial score (nSPS) is 22.3. The van der Waals surface area contributed by atoms with Crippen molar-refractivity contribution in [2.45, 2.75) is 19.0 Å². The third kappa shape index (κ3) is 4.58. The van der Waals surface area contributed by atoms with Crippen LogP contribution in [0, 0.1) is 0 Å². The Morgan fingerprint density at radius 1 is 1.00 bits per heavy atom. The first-order valence-electron chi connectivity index (χ1n) is 9.16. The van der Waals surface area contributed by atoms with Crippen molar-refractivity contribution in [3.63, 3.8) is 0 Å². The molecule has 0 aromatic heterocycles. The van der Waals surface area contributed by atoms with Crippen LogP contribution in [0.25, 0.3) is 0 Å². The van der Waals surface area contributed by atoms with E-state index in [0.717, 1.165) is 31.7 Å². The molecule has 2 fully saturated rings. The summed E-state index contributed by atoms with van der Waals surface area (Å²) in [5.74, 6) is -0.148. The number of nitrogens with zero attached hydrogens (tertiary/aromatic N) is 2. The van der Waals surface area contributed by atoms with Gasteiger partial charge in [0, 0.05) is 26.2 Å². The molecular formula is C19H28N2O4. The molecule has 2 heterocycles. The summed E-state index contributed by atoms with van der Waals surface area (Å²) in [6, 6.07) is 9.91. The molecule has 0 N–H and O–H groups in total. The lowest BCUT2D eigenvalue weighted by Crippen LogP contribution is -2.56. The topological polar surface area (TPSA) is 51.2 Å². The van der Waals surface area contributed by atoms with Crippen molar-refractivity contribution >= 4 is 5.97 Å². The number of carbonyl (C=O) groups excluding carboxylic acids is 1. The number of hydrogen-bond acceptors (Lipinski definition) is 6.